The van der Waals surface area contributed by atoms with Gasteiger partial charge in [-0.1, -0.05) is 26.8 Å². The van der Waals surface area contributed by atoms with E-state index in [-0.39, 0.29) is 11.2 Å². The summed E-state index contributed by atoms with van der Waals surface area (Å²) >= 11 is 0. The molecule has 0 aliphatic heterocycles. The van der Waals surface area contributed by atoms with Crippen molar-refractivity contribution < 1.29 is 8.82 Å². The maximum atomic E-state index is 13.5. The Kier molecular flexibility index (Phi) is 3.08. The van der Waals surface area contributed by atoms with E-state index >= 15 is 0 Å². The Balaban J connectivity index is 2.76. The molecule has 2 rings (SSSR count). The zero-order valence-electron chi connectivity index (χ0n) is 11.2. The summed E-state index contributed by atoms with van der Waals surface area (Å²) in [5.41, 5.74) is 0.391. The fourth-order valence-corrected chi connectivity index (χ4v) is 3.79. The first-order chi connectivity index (χ1) is 8.39. The summed E-state index contributed by atoms with van der Waals surface area (Å²) < 4.78 is 19.2. The van der Waals surface area contributed by atoms with Gasteiger partial charge in [-0.25, -0.2) is 4.39 Å². The van der Waals surface area contributed by atoms with Gasteiger partial charge in [-0.05, 0) is 30.0 Å². The molecule has 0 amide bonds. The van der Waals surface area contributed by atoms with Crippen molar-refractivity contribution in [3.8, 4) is 6.07 Å². The second-order valence-electron chi connectivity index (χ2n) is 5.63. The third-order valence-corrected chi connectivity index (χ3v) is 5.19. The van der Waals surface area contributed by atoms with Gasteiger partial charge in [0.2, 0.25) is 0 Å². The van der Waals surface area contributed by atoms with Crippen LogP contribution < -0.4 is 0 Å². The van der Waals surface area contributed by atoms with Crippen LogP contribution in [0.15, 0.2) is 18.2 Å². The first kappa shape index (κ1) is 13.3. The van der Waals surface area contributed by atoms with Crippen LogP contribution in [0.5, 0.6) is 0 Å². The number of nitriles is 1. The molecule has 0 fully saturated rings. The van der Waals surface area contributed by atoms with Gasteiger partial charge in [0, 0.05) is 11.0 Å². The highest BCUT2D eigenvalue weighted by Crippen LogP contribution is 2.52. The Morgan fingerprint density at radius 3 is 2.72 bits per heavy atom. The fraction of sp³-hybridized carbons (Fsp3) is 0.500. The standard InChI is InChI=1S/C14H18FNOSi/c1-9-6-10-4-5-11(15)7-12(10)14(8-16,17-18)13(9,2)3/h4-5,7,9H,6H2,1-3,18H3. The lowest BCUT2D eigenvalue weighted by molar-refractivity contribution is -0.0383. The quantitative estimate of drug-likeness (QED) is 0.727. The number of hydrogen-bond acceptors (Lipinski definition) is 2. The van der Waals surface area contributed by atoms with E-state index in [0.29, 0.717) is 22.0 Å². The molecule has 1 aliphatic carbocycles. The molecule has 1 aromatic rings. The molecule has 0 saturated carbocycles. The van der Waals surface area contributed by atoms with Crippen LogP contribution in [0.25, 0.3) is 0 Å². The average Bonchev–Trinajstić information content (AvgIpc) is 2.33. The smallest absolute Gasteiger partial charge is 0.175 e. The minimum atomic E-state index is -1.02. The van der Waals surface area contributed by atoms with Crippen LogP contribution in [0, 0.1) is 28.5 Å². The summed E-state index contributed by atoms with van der Waals surface area (Å²) in [5, 5.41) is 9.66. The minimum absolute atomic E-state index is 0.308. The van der Waals surface area contributed by atoms with E-state index in [9.17, 15) is 9.65 Å². The van der Waals surface area contributed by atoms with E-state index in [0.717, 1.165) is 12.0 Å². The van der Waals surface area contributed by atoms with Crippen LogP contribution in [0.2, 0.25) is 0 Å². The van der Waals surface area contributed by atoms with Crippen molar-refractivity contribution in [2.45, 2.75) is 32.8 Å². The van der Waals surface area contributed by atoms with E-state index in [1.165, 1.54) is 12.1 Å². The van der Waals surface area contributed by atoms with Crippen molar-refractivity contribution in [2.75, 3.05) is 0 Å². The van der Waals surface area contributed by atoms with Gasteiger partial charge in [-0.2, -0.15) is 5.26 Å². The Hall–Kier alpha value is -1.18. The van der Waals surface area contributed by atoms with E-state index in [1.54, 1.807) is 6.07 Å². The van der Waals surface area contributed by atoms with E-state index in [4.69, 9.17) is 4.43 Å². The first-order valence-corrected chi connectivity index (χ1v) is 6.96. The van der Waals surface area contributed by atoms with Crippen LogP contribution in [-0.4, -0.2) is 10.5 Å². The second kappa shape index (κ2) is 4.18. The molecule has 0 N–H and O–H groups in total. The molecule has 0 spiro atoms. The molecule has 0 bridgehead atoms. The molecule has 2 atom stereocenters. The Labute approximate surface area is 110 Å². The van der Waals surface area contributed by atoms with Crippen molar-refractivity contribution in [2.24, 2.45) is 11.3 Å². The Morgan fingerprint density at radius 1 is 1.50 bits per heavy atom. The molecule has 96 valence electrons. The van der Waals surface area contributed by atoms with Crippen LogP contribution in [0.3, 0.4) is 0 Å². The molecule has 2 nitrogen and oxygen atoms in total. The first-order valence-electron chi connectivity index (χ1n) is 6.14. The van der Waals surface area contributed by atoms with E-state index < -0.39 is 5.60 Å². The average molecular weight is 263 g/mol. The van der Waals surface area contributed by atoms with Gasteiger partial charge in [0.05, 0.1) is 0 Å². The molecule has 1 aromatic carbocycles. The Bertz CT molecular complexity index is 523. The minimum Gasteiger partial charge on any atom is -0.407 e. The van der Waals surface area contributed by atoms with Gasteiger partial charge in [0.1, 0.15) is 22.4 Å². The summed E-state index contributed by atoms with van der Waals surface area (Å²) in [5.74, 6) is 0.00139. The maximum absolute atomic E-state index is 13.5. The summed E-state index contributed by atoms with van der Waals surface area (Å²) in [7, 11) is 0.447. The molecule has 2 unspecified atom stereocenters. The normalized spacial score (nSPS) is 29.6. The number of hydrogen-bond donors (Lipinski definition) is 0. The van der Waals surface area contributed by atoms with Crippen LogP contribution in [0.1, 0.15) is 31.9 Å². The Morgan fingerprint density at radius 2 is 2.17 bits per heavy atom. The number of halogens is 1. The summed E-state index contributed by atoms with van der Waals surface area (Å²) in [4.78, 5) is 0. The number of rotatable bonds is 1. The lowest BCUT2D eigenvalue weighted by atomic mass is 9.58. The highest BCUT2D eigenvalue weighted by Gasteiger charge is 2.54. The second-order valence-corrected chi connectivity index (χ2v) is 6.03. The third-order valence-electron chi connectivity index (χ3n) is 4.58. The van der Waals surface area contributed by atoms with Gasteiger partial charge in [-0.15, -0.1) is 0 Å². The van der Waals surface area contributed by atoms with Gasteiger partial charge in [-0.3, -0.25) is 0 Å². The summed E-state index contributed by atoms with van der Waals surface area (Å²) in [6, 6.07) is 7.02. The highest BCUT2D eigenvalue weighted by molar-refractivity contribution is 5.98. The number of fused-ring (bicyclic) bond motifs is 1. The topological polar surface area (TPSA) is 33.0 Å². The van der Waals surface area contributed by atoms with Crippen molar-refractivity contribution in [3.05, 3.63) is 35.1 Å². The van der Waals surface area contributed by atoms with Gasteiger partial charge < -0.3 is 4.43 Å². The number of nitrogens with zero attached hydrogens (tertiary/aromatic N) is 1. The van der Waals surface area contributed by atoms with Crippen molar-refractivity contribution in [3.63, 3.8) is 0 Å². The summed E-state index contributed by atoms with van der Waals surface area (Å²) in [6.07, 6.45) is 0.858. The van der Waals surface area contributed by atoms with Crippen LogP contribution >= 0.6 is 0 Å². The molecule has 0 saturated heterocycles. The molecule has 0 radical (unpaired) electrons. The van der Waals surface area contributed by atoms with Gasteiger partial charge >= 0.3 is 0 Å². The molecule has 4 heteroatoms. The lowest BCUT2D eigenvalue weighted by Crippen LogP contribution is -2.51. The molecular formula is C14H18FNOSi. The zero-order chi connectivity index (χ0) is 13.6. The zero-order valence-corrected chi connectivity index (χ0v) is 13.2. The summed E-state index contributed by atoms with van der Waals surface area (Å²) in [6.45, 7) is 6.19. The molecule has 18 heavy (non-hydrogen) atoms. The predicted octanol–water partition coefficient (Wildman–Crippen LogP) is 2.06. The SMILES string of the molecule is CC1Cc2ccc(F)cc2C(C#N)(O[SiH3])C1(C)C. The van der Waals surface area contributed by atoms with E-state index in [2.05, 4.69) is 13.0 Å². The van der Waals surface area contributed by atoms with Crippen LogP contribution in [0.4, 0.5) is 4.39 Å². The molecule has 0 aromatic heterocycles. The van der Waals surface area contributed by atoms with Gasteiger partial charge in [0.25, 0.3) is 0 Å². The van der Waals surface area contributed by atoms with Crippen molar-refractivity contribution in [1.29, 1.82) is 5.26 Å². The maximum Gasteiger partial charge on any atom is 0.175 e. The van der Waals surface area contributed by atoms with Crippen LogP contribution in [-0.2, 0) is 16.4 Å². The largest absolute Gasteiger partial charge is 0.407 e. The number of benzene rings is 1. The third kappa shape index (κ3) is 1.54. The molecule has 0 heterocycles. The molecule has 1 aliphatic rings. The predicted molar refractivity (Wildman–Crippen MR) is 71.4 cm³/mol. The van der Waals surface area contributed by atoms with Crippen molar-refractivity contribution in [1.82, 2.24) is 0 Å². The van der Waals surface area contributed by atoms with Crippen molar-refractivity contribution >= 4 is 10.5 Å². The molecular weight excluding hydrogens is 245 g/mol. The monoisotopic (exact) mass is 263 g/mol. The highest BCUT2D eigenvalue weighted by atomic mass is 28.2. The lowest BCUT2D eigenvalue weighted by Gasteiger charge is -2.49. The fourth-order valence-electron chi connectivity index (χ4n) is 2.96. The van der Waals surface area contributed by atoms with Gasteiger partial charge in [0.15, 0.2) is 5.60 Å². The van der Waals surface area contributed by atoms with E-state index in [1.807, 2.05) is 13.8 Å².